The van der Waals surface area contributed by atoms with Crippen LogP contribution in [0.5, 0.6) is 0 Å². The van der Waals surface area contributed by atoms with Crippen LogP contribution in [0.1, 0.15) is 49.8 Å². The van der Waals surface area contributed by atoms with E-state index >= 15 is 0 Å². The highest BCUT2D eigenvalue weighted by Crippen LogP contribution is 2.27. The quantitative estimate of drug-likeness (QED) is 0.627. The van der Waals surface area contributed by atoms with Crippen molar-refractivity contribution in [2.24, 2.45) is 0 Å². The van der Waals surface area contributed by atoms with Crippen molar-refractivity contribution < 1.29 is 0 Å². The van der Waals surface area contributed by atoms with Crippen LogP contribution in [0.15, 0.2) is 48.5 Å². The predicted octanol–water partition coefficient (Wildman–Crippen LogP) is 6.09. The average molecular weight is 337 g/mol. The number of rotatable bonds is 8. The minimum atomic E-state index is 0.496. The van der Waals surface area contributed by atoms with Gasteiger partial charge < -0.3 is 10.2 Å². The fourth-order valence-electron chi connectivity index (χ4n) is 3.31. The lowest BCUT2D eigenvalue weighted by Crippen LogP contribution is -2.21. The van der Waals surface area contributed by atoms with Crippen LogP contribution in [-0.2, 0) is 0 Å². The molecule has 0 spiro atoms. The van der Waals surface area contributed by atoms with Gasteiger partial charge in [0.15, 0.2) is 0 Å². The third-order valence-corrected chi connectivity index (χ3v) is 4.93. The smallest absolute Gasteiger partial charge is 0.0372 e. The molecule has 2 heteroatoms. The molecule has 1 N–H and O–H groups in total. The van der Waals surface area contributed by atoms with Crippen LogP contribution in [0, 0.1) is 6.92 Å². The van der Waals surface area contributed by atoms with Gasteiger partial charge in [-0.05, 0) is 68.0 Å². The highest BCUT2D eigenvalue weighted by atomic mass is 15.1. The molecular weight excluding hydrogens is 304 g/mol. The summed E-state index contributed by atoms with van der Waals surface area (Å²) in [5, 5.41) is 3.29. The minimum Gasteiger partial charge on any atom is -0.388 e. The van der Waals surface area contributed by atoms with E-state index in [2.05, 4.69) is 92.5 Å². The second kappa shape index (κ2) is 9.31. The van der Waals surface area contributed by atoms with Gasteiger partial charge in [-0.2, -0.15) is 0 Å². The number of hydrogen-bond acceptors (Lipinski definition) is 2. The van der Waals surface area contributed by atoms with Crippen molar-refractivity contribution in [1.82, 2.24) is 0 Å². The summed E-state index contributed by atoms with van der Waals surface area (Å²) in [6.07, 6.45) is 5.60. The molecule has 2 aromatic carbocycles. The molecule has 0 amide bonds. The summed E-state index contributed by atoms with van der Waals surface area (Å²) in [5.74, 6) is 0.496. The van der Waals surface area contributed by atoms with Gasteiger partial charge in [0.25, 0.3) is 0 Å². The molecule has 2 aromatic rings. The Morgan fingerprint density at radius 3 is 2.44 bits per heavy atom. The first kappa shape index (κ1) is 19.1. The standard InChI is InChI=1S/C23H32N2/c1-6-25(7-2)21-16-15-20(19(4)17-21)12-10-11-18(3)22-13-8-9-14-23(22)24-5/h8-10,12-18,24H,6-7,11H2,1-5H3/b12-10+. The van der Waals surface area contributed by atoms with Crippen LogP contribution < -0.4 is 10.2 Å². The van der Waals surface area contributed by atoms with Crippen molar-refractivity contribution in [2.45, 2.75) is 40.0 Å². The molecule has 0 radical (unpaired) electrons. The van der Waals surface area contributed by atoms with Crippen LogP contribution in [-0.4, -0.2) is 20.1 Å². The predicted molar refractivity (Wildman–Crippen MR) is 113 cm³/mol. The Morgan fingerprint density at radius 2 is 1.80 bits per heavy atom. The largest absolute Gasteiger partial charge is 0.388 e. The van der Waals surface area contributed by atoms with E-state index in [0.717, 1.165) is 19.5 Å². The van der Waals surface area contributed by atoms with Crippen molar-refractivity contribution in [1.29, 1.82) is 0 Å². The van der Waals surface area contributed by atoms with Crippen LogP contribution in [0.2, 0.25) is 0 Å². The van der Waals surface area contributed by atoms with E-state index in [9.17, 15) is 0 Å². The second-order valence-electron chi connectivity index (χ2n) is 6.59. The average Bonchev–Trinajstić information content (AvgIpc) is 2.64. The monoisotopic (exact) mass is 336 g/mol. The molecule has 2 nitrogen and oxygen atoms in total. The summed E-state index contributed by atoms with van der Waals surface area (Å²) in [4.78, 5) is 2.39. The highest BCUT2D eigenvalue weighted by Gasteiger charge is 2.08. The first-order valence-electron chi connectivity index (χ1n) is 9.39. The molecule has 25 heavy (non-hydrogen) atoms. The van der Waals surface area contributed by atoms with Crippen molar-refractivity contribution in [3.05, 3.63) is 65.2 Å². The molecule has 1 unspecified atom stereocenters. The number of anilines is 2. The van der Waals surface area contributed by atoms with E-state index in [0.29, 0.717) is 5.92 Å². The molecule has 0 bridgehead atoms. The number of nitrogens with zero attached hydrogens (tertiary/aromatic N) is 1. The van der Waals surface area contributed by atoms with Crippen LogP contribution in [0.25, 0.3) is 6.08 Å². The number of hydrogen-bond donors (Lipinski definition) is 1. The molecule has 134 valence electrons. The van der Waals surface area contributed by atoms with Gasteiger partial charge in [-0.15, -0.1) is 0 Å². The van der Waals surface area contributed by atoms with Gasteiger partial charge in [-0.25, -0.2) is 0 Å². The Morgan fingerprint density at radius 1 is 1.08 bits per heavy atom. The summed E-state index contributed by atoms with van der Waals surface area (Å²) < 4.78 is 0. The molecule has 0 saturated heterocycles. The maximum absolute atomic E-state index is 3.29. The van der Waals surface area contributed by atoms with Gasteiger partial charge in [-0.1, -0.05) is 43.3 Å². The maximum atomic E-state index is 3.29. The van der Waals surface area contributed by atoms with E-state index in [1.54, 1.807) is 0 Å². The van der Waals surface area contributed by atoms with Crippen molar-refractivity contribution in [3.63, 3.8) is 0 Å². The molecule has 0 aliphatic heterocycles. The first-order valence-corrected chi connectivity index (χ1v) is 9.39. The summed E-state index contributed by atoms with van der Waals surface area (Å²) in [7, 11) is 1.99. The van der Waals surface area contributed by atoms with Gasteiger partial charge in [0, 0.05) is 31.5 Å². The SMILES string of the molecule is CCN(CC)c1ccc(/C=C/CC(C)c2ccccc2NC)c(C)c1. The normalized spacial score (nSPS) is 12.4. The Balaban J connectivity index is 2.07. The highest BCUT2D eigenvalue weighted by molar-refractivity contribution is 5.60. The van der Waals surface area contributed by atoms with Gasteiger partial charge >= 0.3 is 0 Å². The number of benzene rings is 2. The molecule has 1 atom stereocenters. The van der Waals surface area contributed by atoms with Crippen molar-refractivity contribution >= 4 is 17.5 Å². The third kappa shape index (κ3) is 4.88. The molecule has 0 aliphatic rings. The summed E-state index contributed by atoms with van der Waals surface area (Å²) >= 11 is 0. The van der Waals surface area contributed by atoms with E-state index in [-0.39, 0.29) is 0 Å². The molecule has 0 heterocycles. The molecule has 0 aromatic heterocycles. The zero-order valence-electron chi connectivity index (χ0n) is 16.3. The molecular formula is C23H32N2. The van der Waals surface area contributed by atoms with Crippen molar-refractivity contribution in [2.75, 3.05) is 30.4 Å². The van der Waals surface area contributed by atoms with Crippen LogP contribution in [0.4, 0.5) is 11.4 Å². The lowest BCUT2D eigenvalue weighted by molar-refractivity contribution is 0.784. The number of allylic oxidation sites excluding steroid dienone is 1. The zero-order chi connectivity index (χ0) is 18.2. The molecule has 0 aliphatic carbocycles. The fourth-order valence-corrected chi connectivity index (χ4v) is 3.31. The number of para-hydroxylation sites is 1. The summed E-state index contributed by atoms with van der Waals surface area (Å²) in [5.41, 5.74) is 6.57. The van der Waals surface area contributed by atoms with E-state index in [4.69, 9.17) is 0 Å². The Hall–Kier alpha value is -2.22. The Labute approximate surface area is 153 Å². The summed E-state index contributed by atoms with van der Waals surface area (Å²) in [6, 6.07) is 15.3. The Bertz CT molecular complexity index is 699. The first-order chi connectivity index (χ1) is 12.1. The number of nitrogens with one attached hydrogen (secondary N) is 1. The van der Waals surface area contributed by atoms with Gasteiger partial charge in [0.1, 0.15) is 0 Å². The molecule has 0 saturated carbocycles. The molecule has 2 rings (SSSR count). The molecule has 0 fully saturated rings. The minimum absolute atomic E-state index is 0.496. The van der Waals surface area contributed by atoms with Gasteiger partial charge in [0.05, 0.1) is 0 Å². The second-order valence-corrected chi connectivity index (χ2v) is 6.59. The Kier molecular flexibility index (Phi) is 7.12. The summed E-state index contributed by atoms with van der Waals surface area (Å²) in [6.45, 7) is 11.0. The maximum Gasteiger partial charge on any atom is 0.0372 e. The zero-order valence-corrected chi connectivity index (χ0v) is 16.3. The third-order valence-electron chi connectivity index (χ3n) is 4.93. The van der Waals surface area contributed by atoms with Gasteiger partial charge in [0.2, 0.25) is 0 Å². The topological polar surface area (TPSA) is 15.3 Å². The van der Waals surface area contributed by atoms with Crippen LogP contribution in [0.3, 0.4) is 0 Å². The van der Waals surface area contributed by atoms with Crippen LogP contribution >= 0.6 is 0 Å². The fraction of sp³-hybridized carbons (Fsp3) is 0.391. The van der Waals surface area contributed by atoms with Crippen molar-refractivity contribution in [3.8, 4) is 0 Å². The van der Waals surface area contributed by atoms with E-state index < -0.39 is 0 Å². The van der Waals surface area contributed by atoms with Gasteiger partial charge in [-0.3, -0.25) is 0 Å². The lowest BCUT2D eigenvalue weighted by atomic mass is 9.95. The lowest BCUT2D eigenvalue weighted by Gasteiger charge is -2.21. The number of aryl methyl sites for hydroxylation is 1. The van der Waals surface area contributed by atoms with E-state index in [1.807, 2.05) is 7.05 Å². The van der Waals surface area contributed by atoms with E-state index in [1.165, 1.54) is 28.1 Å².